The monoisotopic (exact) mass is 1220 g/mol. The number of carbonyl (C=O) groups excluding carboxylic acids is 3. The molecule has 0 fully saturated rings. The summed E-state index contributed by atoms with van der Waals surface area (Å²) in [5.74, 6) is 0. The van der Waals surface area contributed by atoms with Crippen LogP contribution < -0.4 is 0 Å². The Labute approximate surface area is 528 Å². The number of carbonyl (C=O) groups is 3. The van der Waals surface area contributed by atoms with Gasteiger partial charge in [0.2, 0.25) is 0 Å². The third-order valence-electron chi connectivity index (χ3n) is 17.0. The van der Waals surface area contributed by atoms with Gasteiger partial charge in [-0.15, -0.1) is 15.8 Å². The molecule has 0 amide bonds. The van der Waals surface area contributed by atoms with Gasteiger partial charge in [-0.25, -0.2) is 0 Å². The Balaban J connectivity index is -0.000000314. The molecule has 0 saturated carbocycles. The van der Waals surface area contributed by atoms with E-state index in [-0.39, 0.29) is 17.1 Å². The predicted molar refractivity (Wildman–Crippen MR) is 375 cm³/mol. The van der Waals surface area contributed by atoms with Crippen LogP contribution in [-0.2, 0) is 31.5 Å². The summed E-state index contributed by atoms with van der Waals surface area (Å²) in [6.07, 6.45) is 98.5. The van der Waals surface area contributed by atoms with Crippen molar-refractivity contribution in [3.63, 3.8) is 0 Å². The van der Waals surface area contributed by atoms with Crippen molar-refractivity contribution in [1.29, 1.82) is 0 Å². The smallest absolute Gasteiger partial charge is 0.106 e. The Kier molecular flexibility index (Phi) is 110. The van der Waals surface area contributed by atoms with E-state index in [1.54, 1.807) is 37.0 Å². The average molecular weight is 1220 g/mol. The molecular formula is C75H156FeO3P2. The maximum absolute atomic E-state index is 8.00. The quantitative estimate of drug-likeness (QED) is 0.0346. The molecule has 0 bridgehead atoms. The Hall–Kier alpha value is 0.389. The predicted octanol–water partition coefficient (Wildman–Crippen LogP) is 27.9. The van der Waals surface area contributed by atoms with E-state index >= 15 is 0 Å². The molecule has 0 saturated heterocycles. The first-order valence-electron chi connectivity index (χ1n) is 37.0. The van der Waals surface area contributed by atoms with Crippen molar-refractivity contribution in [2.45, 2.75) is 427 Å². The van der Waals surface area contributed by atoms with Crippen LogP contribution in [0.1, 0.15) is 427 Å². The average Bonchev–Trinajstić information content (AvgIpc) is 3.49. The molecule has 6 heteroatoms. The number of hydrogen-bond donors (Lipinski definition) is 0. The Morgan fingerprint density at radius 1 is 0.148 bits per heavy atom. The summed E-state index contributed by atoms with van der Waals surface area (Å²) in [5.41, 5.74) is 0. The van der Waals surface area contributed by atoms with E-state index < -0.39 is 0 Å². The fourth-order valence-electron chi connectivity index (χ4n) is 11.6. The molecular weight excluding hydrogens is 1070 g/mol. The van der Waals surface area contributed by atoms with Crippen LogP contribution in [0.15, 0.2) is 0 Å². The first-order valence-corrected chi connectivity index (χ1v) is 40.8. The minimum absolute atomic E-state index is 0. The van der Waals surface area contributed by atoms with Crippen LogP contribution in [0.5, 0.6) is 0 Å². The first-order chi connectivity index (χ1) is 39.7. The fraction of sp³-hybridized carbons (Fsp3) is 0.960. The summed E-state index contributed by atoms with van der Waals surface area (Å²) in [6, 6.07) is 0. The summed E-state index contributed by atoms with van der Waals surface area (Å²) < 4.78 is 0. The van der Waals surface area contributed by atoms with E-state index in [1.165, 1.54) is 385 Å². The van der Waals surface area contributed by atoms with Gasteiger partial charge in [-0.3, -0.25) is 0 Å². The van der Waals surface area contributed by atoms with Crippen LogP contribution in [0.4, 0.5) is 0 Å². The second kappa shape index (κ2) is 96.7. The molecule has 0 aliphatic carbocycles. The van der Waals surface area contributed by atoms with Crippen LogP contribution in [0, 0.1) is 0 Å². The van der Waals surface area contributed by atoms with Crippen molar-refractivity contribution in [2.75, 3.05) is 37.0 Å². The molecule has 0 rings (SSSR count). The third kappa shape index (κ3) is 94.3. The van der Waals surface area contributed by atoms with E-state index in [2.05, 4.69) is 41.5 Å². The normalized spacial score (nSPS) is 10.8. The zero-order chi connectivity index (χ0) is 59.8. The van der Waals surface area contributed by atoms with Gasteiger partial charge in [0.1, 0.15) is 20.4 Å². The molecule has 0 unspecified atom stereocenters. The Bertz CT molecular complexity index is 783. The van der Waals surface area contributed by atoms with Gasteiger partial charge in [-0.1, -0.05) is 388 Å². The molecule has 492 valence electrons. The van der Waals surface area contributed by atoms with E-state index in [9.17, 15) is 0 Å². The Morgan fingerprint density at radius 3 is 0.309 bits per heavy atom. The van der Waals surface area contributed by atoms with E-state index in [4.69, 9.17) is 14.4 Å². The van der Waals surface area contributed by atoms with Crippen molar-refractivity contribution < 1.29 is 31.5 Å². The Morgan fingerprint density at radius 2 is 0.222 bits per heavy atom. The number of unbranched alkanes of at least 4 members (excludes halogenated alkanes) is 54. The molecule has 0 spiro atoms. The van der Waals surface area contributed by atoms with Crippen LogP contribution in [0.25, 0.3) is 0 Å². The molecule has 0 atom stereocenters. The molecule has 0 N–H and O–H groups in total. The molecule has 0 radical (unpaired) electrons. The van der Waals surface area contributed by atoms with Crippen LogP contribution in [0.2, 0.25) is 0 Å². The zero-order valence-electron chi connectivity index (χ0n) is 57.3. The van der Waals surface area contributed by atoms with Crippen molar-refractivity contribution in [3.05, 3.63) is 0 Å². The summed E-state index contributed by atoms with van der Waals surface area (Å²) in [7, 11) is 0.671. The molecule has 0 aromatic heterocycles. The van der Waals surface area contributed by atoms with Gasteiger partial charge in [0, 0.05) is 17.1 Å². The van der Waals surface area contributed by atoms with Gasteiger partial charge in [0.25, 0.3) is 0 Å². The largest absolute Gasteiger partial charge is 0.307 e. The molecule has 0 aliphatic heterocycles. The third-order valence-corrected chi connectivity index (χ3v) is 22.7. The molecule has 0 heterocycles. The fourth-order valence-corrected chi connectivity index (χ4v) is 17.0. The maximum atomic E-state index is 8.00. The zero-order valence-corrected chi connectivity index (χ0v) is 60.2. The second-order valence-corrected chi connectivity index (χ2v) is 30.1. The van der Waals surface area contributed by atoms with E-state index in [0.29, 0.717) is 15.8 Å². The van der Waals surface area contributed by atoms with Crippen LogP contribution in [-0.4, -0.2) is 57.3 Å². The summed E-state index contributed by atoms with van der Waals surface area (Å²) in [4.78, 5) is 24.0. The van der Waals surface area contributed by atoms with Gasteiger partial charge < -0.3 is 14.4 Å². The minimum Gasteiger partial charge on any atom is -0.307 e. The van der Waals surface area contributed by atoms with Crippen molar-refractivity contribution in [2.24, 2.45) is 0 Å². The van der Waals surface area contributed by atoms with Crippen molar-refractivity contribution >= 4 is 36.2 Å². The summed E-state index contributed by atoms with van der Waals surface area (Å²) >= 11 is 0. The van der Waals surface area contributed by atoms with Crippen LogP contribution in [0.3, 0.4) is 0 Å². The molecule has 81 heavy (non-hydrogen) atoms. The van der Waals surface area contributed by atoms with Gasteiger partial charge >= 0.3 is 0 Å². The molecule has 0 aromatic carbocycles. The van der Waals surface area contributed by atoms with Crippen molar-refractivity contribution in [3.8, 4) is 0 Å². The van der Waals surface area contributed by atoms with Gasteiger partial charge in [0.05, 0.1) is 0 Å². The maximum Gasteiger partial charge on any atom is 0.106 e. The molecule has 0 aromatic rings. The van der Waals surface area contributed by atoms with E-state index in [1.807, 2.05) is 20.4 Å². The van der Waals surface area contributed by atoms with Crippen molar-refractivity contribution in [1.82, 2.24) is 0 Å². The van der Waals surface area contributed by atoms with Crippen LogP contribution >= 0.6 is 15.8 Å². The standard InChI is InChI=1S/2C36H75P.3CH2O.Fe/c2*1-4-7-10-13-16-19-22-25-28-31-34-37(35-32-29-26-23-20-17-14-11-8-5-2)36-33-30-27-24-21-18-15-12-9-6-3;3*1-2;/h2*4-36H2,1-3H3;3*1H2;. The summed E-state index contributed by atoms with van der Waals surface area (Å²) in [6.45, 7) is 19.9. The van der Waals surface area contributed by atoms with Gasteiger partial charge in [-0.05, 0) is 75.5 Å². The molecule has 3 nitrogen and oxygen atoms in total. The first kappa shape index (κ1) is 92.5. The van der Waals surface area contributed by atoms with Gasteiger partial charge in [-0.2, -0.15) is 0 Å². The summed E-state index contributed by atoms with van der Waals surface area (Å²) in [5, 5.41) is 0. The minimum atomic E-state index is 0. The number of rotatable bonds is 66. The topological polar surface area (TPSA) is 51.2 Å². The SMILES string of the molecule is C=O.C=O.C=O.CCCCCCCCCCCCP(CCCCCCCCCCCC)CCCCCCCCCCCC.CCCCCCCCCCCCP(CCCCCCCCCCCC)CCCCCCCCCCCC.[Fe]. The second-order valence-electron chi connectivity index (χ2n) is 24.8. The number of hydrogen-bond acceptors (Lipinski definition) is 3. The molecule has 0 aliphatic rings. The van der Waals surface area contributed by atoms with E-state index in [0.717, 1.165) is 0 Å². The van der Waals surface area contributed by atoms with Gasteiger partial charge in [0.15, 0.2) is 0 Å².